The fourth-order valence-corrected chi connectivity index (χ4v) is 23.2. The summed E-state index contributed by atoms with van der Waals surface area (Å²) in [6.07, 6.45) is 26.3. The van der Waals surface area contributed by atoms with Gasteiger partial charge in [-0.1, -0.05) is 107 Å². The summed E-state index contributed by atoms with van der Waals surface area (Å²) in [5, 5.41) is 39.4. The monoisotopic (exact) mass is 977 g/mol. The van der Waals surface area contributed by atoms with Crippen LogP contribution in [0.3, 0.4) is 0 Å². The molecule has 0 aliphatic heterocycles. The van der Waals surface area contributed by atoms with Gasteiger partial charge in [-0.2, -0.15) is 0 Å². The number of aliphatic hydroxyl groups is 4. The second-order valence-electron chi connectivity index (χ2n) is 29.3. The molecule has 0 aromatic rings. The van der Waals surface area contributed by atoms with Gasteiger partial charge in [-0.25, -0.2) is 0 Å². The number of aliphatic hydroxyl groups excluding tert-OH is 4. The van der Waals surface area contributed by atoms with Crippen LogP contribution in [0.2, 0.25) is 0 Å². The summed E-state index contributed by atoms with van der Waals surface area (Å²) in [5.74, 6) is 7.02. The molecule has 5 nitrogen and oxygen atoms in total. The van der Waals surface area contributed by atoms with Crippen molar-refractivity contribution in [3.8, 4) is 0 Å². The number of ketones is 1. The first-order valence-corrected chi connectivity index (χ1v) is 29.1. The van der Waals surface area contributed by atoms with Gasteiger partial charge in [-0.15, -0.1) is 0 Å². The van der Waals surface area contributed by atoms with Crippen LogP contribution in [0.1, 0.15) is 224 Å². The number of carbonyl (C=O) groups excluding carboxylic acids is 1. The van der Waals surface area contributed by atoms with Crippen LogP contribution >= 0.6 is 0 Å². The van der Waals surface area contributed by atoms with Gasteiger partial charge in [0.1, 0.15) is 5.78 Å². The fraction of sp³-hybridized carbons (Fsp3) is 0.921. The summed E-state index contributed by atoms with van der Waals surface area (Å²) in [4.78, 5) is 12.9. The van der Waals surface area contributed by atoms with Gasteiger partial charge in [0.25, 0.3) is 0 Å². The van der Waals surface area contributed by atoms with Gasteiger partial charge in [0, 0.05) is 32.2 Å². The molecule has 392 valence electrons. The molecule has 19 atom stereocenters. The number of fused-ring (bicyclic) bond motifs is 14. The van der Waals surface area contributed by atoms with Crippen LogP contribution in [0, 0.1) is 113 Å². The molecule has 10 rings (SSSR count). The third kappa shape index (κ3) is 7.96. The van der Waals surface area contributed by atoms with Crippen molar-refractivity contribution < 1.29 is 54.8 Å². The van der Waals surface area contributed by atoms with Crippen molar-refractivity contribution in [3.63, 3.8) is 0 Å². The third-order valence-electron chi connectivity index (χ3n) is 27.5. The van der Waals surface area contributed by atoms with Crippen molar-refractivity contribution in [3.05, 3.63) is 24.3 Å². The van der Waals surface area contributed by atoms with E-state index in [1.54, 1.807) is 0 Å². The Morgan fingerprint density at radius 3 is 1.34 bits per heavy atom. The van der Waals surface area contributed by atoms with Gasteiger partial charge >= 0.3 is 29.6 Å². The number of rotatable bonds is 6. The molecule has 0 amide bonds. The van der Waals surface area contributed by atoms with E-state index < -0.39 is 0 Å². The molecule has 0 spiro atoms. The predicted molar refractivity (Wildman–Crippen MR) is 286 cm³/mol. The van der Waals surface area contributed by atoms with E-state index in [4.69, 9.17) is 5.11 Å². The van der Waals surface area contributed by atoms with Gasteiger partial charge in [-0.05, 0) is 243 Å². The minimum absolute atomic E-state index is 0. The predicted octanol–water partition coefficient (Wildman–Crippen LogP) is 11.2. The van der Waals surface area contributed by atoms with E-state index in [1.807, 2.05) is 0 Å². The Morgan fingerprint density at radius 2 is 0.929 bits per heavy atom. The second-order valence-corrected chi connectivity index (χ2v) is 29.3. The normalized spacial score (nSPS) is 51.0. The number of hydrogen-bond donors (Lipinski definition) is 4. The van der Waals surface area contributed by atoms with E-state index in [0.29, 0.717) is 93.4 Å². The molecule has 0 heterocycles. The molecule has 10 aliphatic rings. The summed E-state index contributed by atoms with van der Waals surface area (Å²) in [6.45, 7) is 39.5. The van der Waals surface area contributed by atoms with Crippen LogP contribution in [0.25, 0.3) is 0 Å². The first-order chi connectivity index (χ1) is 31.8. The van der Waals surface area contributed by atoms with Gasteiger partial charge in [0.15, 0.2) is 0 Å². The minimum atomic E-state index is -0.167. The van der Waals surface area contributed by atoms with Crippen molar-refractivity contribution in [2.45, 2.75) is 230 Å². The molecule has 0 bridgehead atoms. The Balaban J connectivity index is 0.000000216. The molecule has 10 saturated carbocycles. The molecular weight excluding hydrogens is 870 g/mol. The van der Waals surface area contributed by atoms with Crippen molar-refractivity contribution in [2.24, 2.45) is 113 Å². The SMILES string of the molecule is C=C(CC)[C@@H]1CC[C@]2(CO)CC[C@]3(C)[C@H](CC[C@@H]4[C@@]5(C)CCC(=O)C(C)(C)[C@@H]5CC[C@]43C)[C@@H]12.C=C(CC)[C@@H]1CC[C@]2(CO)CC[C@]3(C)[C@H](CC[C@@H]4[C@@]5(C)CC[C@H](O)C(C)(C)[C@@H]5CC[C@]43C)[C@@H]12.CO.[B-].[Na+]. The second kappa shape index (κ2) is 20.1. The molecule has 10 fully saturated rings. The summed E-state index contributed by atoms with van der Waals surface area (Å²) < 4.78 is 0. The summed E-state index contributed by atoms with van der Waals surface area (Å²) in [5.41, 5.74) is 5.04. The largest absolute Gasteiger partial charge is 1.00 e. The molecule has 0 saturated heterocycles. The molecule has 0 aromatic heterocycles. The van der Waals surface area contributed by atoms with Crippen molar-refractivity contribution in [1.82, 2.24) is 0 Å². The maximum Gasteiger partial charge on any atom is 1.00 e. The Labute approximate surface area is 454 Å². The maximum absolute atomic E-state index is 12.9. The van der Waals surface area contributed by atoms with Crippen LogP contribution in [-0.2, 0) is 4.79 Å². The Kier molecular flexibility index (Phi) is 17.1. The quantitative estimate of drug-likeness (QED) is 0.157. The van der Waals surface area contributed by atoms with Gasteiger partial charge in [0.05, 0.1) is 6.10 Å². The minimum Gasteiger partial charge on any atom is -1.00 e. The number of allylic oxidation sites excluding steroid dienone is 2. The Morgan fingerprint density at radius 1 is 0.514 bits per heavy atom. The van der Waals surface area contributed by atoms with Crippen LogP contribution in [0.4, 0.5) is 0 Å². The van der Waals surface area contributed by atoms with Crippen LogP contribution in [0.15, 0.2) is 24.3 Å². The first kappa shape index (κ1) is 59.3. The molecule has 0 aromatic carbocycles. The average Bonchev–Trinajstić information content (AvgIpc) is 3.90. The maximum atomic E-state index is 12.9. The van der Waals surface area contributed by atoms with E-state index in [2.05, 4.69) is 96.2 Å². The topological polar surface area (TPSA) is 98.0 Å². The molecule has 4 radical (unpaired) electrons. The summed E-state index contributed by atoms with van der Waals surface area (Å²) in [7, 11) is 1.00. The van der Waals surface area contributed by atoms with Crippen molar-refractivity contribution in [2.75, 3.05) is 20.3 Å². The summed E-state index contributed by atoms with van der Waals surface area (Å²) in [6, 6.07) is 0. The molecule has 4 N–H and O–H groups in total. The number of hydrogen-bond acceptors (Lipinski definition) is 5. The Hall–Kier alpha value is 0.0549. The number of carbonyl (C=O) groups is 1. The zero-order chi connectivity index (χ0) is 50.1. The van der Waals surface area contributed by atoms with Crippen molar-refractivity contribution in [1.29, 1.82) is 0 Å². The van der Waals surface area contributed by atoms with E-state index in [9.17, 15) is 20.1 Å². The molecule has 7 heteroatoms. The average molecular weight is 977 g/mol. The van der Waals surface area contributed by atoms with E-state index in [-0.39, 0.29) is 71.1 Å². The van der Waals surface area contributed by atoms with Crippen LogP contribution < -0.4 is 29.6 Å². The first-order valence-electron chi connectivity index (χ1n) is 29.1. The molecule has 0 unspecified atom stereocenters. The number of Topliss-reactive ketones (excluding diaryl/α,β-unsaturated/α-hetero) is 1. The van der Waals surface area contributed by atoms with Crippen LogP contribution in [0.5, 0.6) is 0 Å². The van der Waals surface area contributed by atoms with E-state index >= 15 is 0 Å². The standard InChI is InChI=1S/C31H52O2.C31H50O2.CH4O.B.Na/c2*1-8-20(2)21-11-16-31(19-32)18-17-29(6)22(26(21)31)9-10-24-28(5)14-13-25(33)27(3,4)23(28)12-15-30(24,29)7;1-2;;/h21-26,32-33H,2,8-19H2,1,3-7H3;21-24,26,32H,2,8-19H2,1,3-7H3;2H,1H3;;/q;;;-1;+1/t21-,22+,23-,24+,25-,26+,28-,29+,30+,31+;21-,22+,23-,24+,26+,28-,29+,30+,31+;;;/m00.../s1. The zero-order valence-electron chi connectivity index (χ0n) is 48.0. The Bertz CT molecular complexity index is 1930. The molecular formula is C63H106BNaO5. The molecule has 70 heavy (non-hydrogen) atoms. The van der Waals surface area contributed by atoms with E-state index in [0.717, 1.165) is 51.0 Å². The van der Waals surface area contributed by atoms with Gasteiger partial charge in [0.2, 0.25) is 0 Å². The van der Waals surface area contributed by atoms with Crippen LogP contribution in [-0.4, -0.2) is 61.0 Å². The van der Waals surface area contributed by atoms with Crippen molar-refractivity contribution >= 4 is 14.2 Å². The van der Waals surface area contributed by atoms with Gasteiger partial charge in [-0.3, -0.25) is 4.79 Å². The van der Waals surface area contributed by atoms with Gasteiger partial charge < -0.3 is 28.8 Å². The fourth-order valence-electron chi connectivity index (χ4n) is 23.2. The van der Waals surface area contributed by atoms with E-state index in [1.165, 1.54) is 120 Å². The molecule has 10 aliphatic carbocycles. The smallest absolute Gasteiger partial charge is 1.00 e. The summed E-state index contributed by atoms with van der Waals surface area (Å²) >= 11 is 0. The third-order valence-corrected chi connectivity index (χ3v) is 27.5. The zero-order valence-corrected chi connectivity index (χ0v) is 50.0.